The average Bonchev–Trinajstić information content (AvgIpc) is 1.64. The first-order chi connectivity index (χ1) is 3.98. The minimum absolute atomic E-state index is 0.00231. The molecule has 0 aromatic heterocycles. The molecule has 9 heavy (non-hydrogen) atoms. The van der Waals surface area contributed by atoms with Crippen LogP contribution in [0.1, 0.15) is 27.7 Å². The first kappa shape index (κ1) is 8.88. The van der Waals surface area contributed by atoms with E-state index in [0.29, 0.717) is 0 Å². The maximum absolute atomic E-state index is 8.13. The maximum atomic E-state index is 8.13. The van der Waals surface area contributed by atoms with Gasteiger partial charge >= 0.3 is 0 Å². The van der Waals surface area contributed by atoms with E-state index in [0.717, 1.165) is 0 Å². The number of hydrogen-bond donors (Lipinski definition) is 2. The van der Waals surface area contributed by atoms with Crippen molar-refractivity contribution in [2.24, 2.45) is 5.41 Å². The second-order valence-corrected chi connectivity index (χ2v) is 3.22. The van der Waals surface area contributed by atoms with Gasteiger partial charge in [0.2, 0.25) is 0 Å². The van der Waals surface area contributed by atoms with Gasteiger partial charge in [0.05, 0.1) is 6.10 Å². The fraction of sp³-hybridized carbons (Fsp3) is 1.00. The topological polar surface area (TPSA) is 41.5 Å². The summed E-state index contributed by atoms with van der Waals surface area (Å²) in [5, 5.41) is 8.13. The molecule has 0 amide bonds. The van der Waals surface area contributed by atoms with Crippen LogP contribution in [0.4, 0.5) is 0 Å². The fourth-order valence-corrected chi connectivity index (χ4v) is 0.256. The number of hydrogen-bond acceptors (Lipinski definition) is 3. The maximum Gasteiger partial charge on any atom is 0.0837 e. The van der Waals surface area contributed by atoms with E-state index >= 15 is 0 Å². The van der Waals surface area contributed by atoms with Gasteiger partial charge in [-0.15, -0.1) is 0 Å². The van der Waals surface area contributed by atoms with Crippen molar-refractivity contribution in [3.63, 3.8) is 0 Å². The van der Waals surface area contributed by atoms with E-state index in [1.165, 1.54) is 0 Å². The van der Waals surface area contributed by atoms with E-state index in [9.17, 15) is 0 Å². The molecule has 0 spiro atoms. The molecule has 0 aromatic carbocycles. The molecular weight excluding hydrogens is 118 g/mol. The summed E-state index contributed by atoms with van der Waals surface area (Å²) in [5.74, 6) is 0. The van der Waals surface area contributed by atoms with Gasteiger partial charge < -0.3 is 0 Å². The Balaban J connectivity index is 3.59. The molecule has 0 radical (unpaired) electrons. The largest absolute Gasteiger partial charge is 0.292 e. The first-order valence-electron chi connectivity index (χ1n) is 3.03. The molecule has 0 rings (SSSR count). The zero-order valence-electron chi connectivity index (χ0n) is 6.43. The van der Waals surface area contributed by atoms with Crippen LogP contribution in [0.15, 0.2) is 0 Å². The summed E-state index contributed by atoms with van der Waals surface area (Å²) in [7, 11) is 0. The third kappa shape index (κ3) is 3.46. The van der Waals surface area contributed by atoms with Crippen LogP contribution >= 0.6 is 0 Å². The summed E-state index contributed by atoms with van der Waals surface area (Å²) >= 11 is 0. The van der Waals surface area contributed by atoms with Gasteiger partial charge in [-0.25, -0.2) is 0 Å². The quantitative estimate of drug-likeness (QED) is 0.558. The summed E-state index contributed by atoms with van der Waals surface area (Å²) in [6.07, 6.45) is 0.00231. The molecule has 0 aromatic rings. The molecule has 56 valence electrons. The molecule has 0 bridgehead atoms. The predicted molar refractivity (Wildman–Crippen MR) is 34.9 cm³/mol. The molecule has 3 heteroatoms. The summed E-state index contributed by atoms with van der Waals surface area (Å²) in [4.78, 5) is 4.71. The van der Waals surface area contributed by atoms with Crippen molar-refractivity contribution in [1.82, 2.24) is 5.64 Å². The Kier molecular flexibility index (Phi) is 3.11. The summed E-state index contributed by atoms with van der Waals surface area (Å²) in [6.45, 7) is 8.00. The van der Waals surface area contributed by atoms with Gasteiger partial charge in [0.25, 0.3) is 0 Å². The summed E-state index contributed by atoms with van der Waals surface area (Å²) < 4.78 is 0. The lowest BCUT2D eigenvalue weighted by Crippen LogP contribution is -2.30. The molecule has 0 saturated heterocycles. The highest BCUT2D eigenvalue weighted by Gasteiger charge is 2.20. The normalized spacial score (nSPS) is 15.7. The van der Waals surface area contributed by atoms with Crippen LogP contribution in [0.25, 0.3) is 0 Å². The van der Waals surface area contributed by atoms with Crippen LogP contribution in [0.2, 0.25) is 0 Å². The lowest BCUT2D eigenvalue weighted by atomic mass is 9.90. The van der Waals surface area contributed by atoms with Gasteiger partial charge in [0.15, 0.2) is 0 Å². The molecule has 0 heterocycles. The zero-order chi connectivity index (χ0) is 7.49. The van der Waals surface area contributed by atoms with Crippen molar-refractivity contribution < 1.29 is 10.0 Å². The van der Waals surface area contributed by atoms with Gasteiger partial charge in [0.1, 0.15) is 0 Å². The highest BCUT2D eigenvalue weighted by atomic mass is 16.8. The monoisotopic (exact) mass is 133 g/mol. The van der Waals surface area contributed by atoms with Gasteiger partial charge in [-0.2, -0.15) is 0 Å². The van der Waals surface area contributed by atoms with E-state index in [2.05, 4.69) is 0 Å². The molecule has 1 atom stereocenters. The zero-order valence-corrected chi connectivity index (χ0v) is 6.43. The Morgan fingerprint density at radius 3 is 2.00 bits per heavy atom. The summed E-state index contributed by atoms with van der Waals surface area (Å²) in [6, 6.07) is 0. The second-order valence-electron chi connectivity index (χ2n) is 3.22. The van der Waals surface area contributed by atoms with E-state index in [-0.39, 0.29) is 11.5 Å². The third-order valence-electron chi connectivity index (χ3n) is 1.45. The van der Waals surface area contributed by atoms with Crippen molar-refractivity contribution in [3.05, 3.63) is 0 Å². The lowest BCUT2D eigenvalue weighted by molar-refractivity contribution is -0.182. The highest BCUT2D eigenvalue weighted by molar-refractivity contribution is 4.68. The highest BCUT2D eigenvalue weighted by Crippen LogP contribution is 2.20. The van der Waals surface area contributed by atoms with Gasteiger partial charge in [-0.3, -0.25) is 10.0 Å². The Bertz CT molecular complexity index is 77.6. The Hall–Kier alpha value is -0.120. The molecule has 0 aliphatic rings. The molecular formula is C6H15NO2. The van der Waals surface area contributed by atoms with Crippen LogP contribution in [0.5, 0.6) is 0 Å². The average molecular weight is 133 g/mol. The predicted octanol–water partition coefficient (Wildman–Crippen LogP) is 1.33. The molecule has 3 nitrogen and oxygen atoms in total. The minimum Gasteiger partial charge on any atom is -0.292 e. The molecule has 0 saturated carbocycles. The van der Waals surface area contributed by atoms with Crippen molar-refractivity contribution in [3.8, 4) is 0 Å². The van der Waals surface area contributed by atoms with Gasteiger partial charge in [-0.1, -0.05) is 26.4 Å². The number of nitrogens with one attached hydrogen (secondary N) is 1. The lowest BCUT2D eigenvalue weighted by Gasteiger charge is -2.25. The number of rotatable bonds is 2. The van der Waals surface area contributed by atoms with E-state index in [1.807, 2.05) is 27.7 Å². The van der Waals surface area contributed by atoms with Crippen LogP contribution in [0.3, 0.4) is 0 Å². The minimum atomic E-state index is 0.00231. The Morgan fingerprint density at radius 2 is 1.89 bits per heavy atom. The second kappa shape index (κ2) is 3.15. The standard InChI is InChI=1S/C6H15NO2/c1-5(9-7-8)6(2,3)4/h5,7-8H,1-4H3. The Morgan fingerprint density at radius 1 is 1.44 bits per heavy atom. The van der Waals surface area contributed by atoms with Crippen LogP contribution < -0.4 is 5.64 Å². The molecule has 0 aliphatic carbocycles. The molecule has 0 aliphatic heterocycles. The van der Waals surface area contributed by atoms with Crippen LogP contribution in [-0.2, 0) is 4.84 Å². The van der Waals surface area contributed by atoms with Gasteiger partial charge in [-0.05, 0) is 12.3 Å². The van der Waals surface area contributed by atoms with E-state index in [4.69, 9.17) is 10.0 Å². The van der Waals surface area contributed by atoms with E-state index in [1.54, 1.807) is 5.64 Å². The van der Waals surface area contributed by atoms with Crippen LogP contribution in [0, 0.1) is 5.41 Å². The Labute approximate surface area is 55.9 Å². The molecule has 1 unspecified atom stereocenters. The van der Waals surface area contributed by atoms with Crippen molar-refractivity contribution in [2.45, 2.75) is 33.8 Å². The van der Waals surface area contributed by atoms with Crippen LogP contribution in [-0.4, -0.2) is 11.3 Å². The smallest absolute Gasteiger partial charge is 0.0837 e. The third-order valence-corrected chi connectivity index (χ3v) is 1.45. The van der Waals surface area contributed by atoms with Crippen molar-refractivity contribution >= 4 is 0 Å². The van der Waals surface area contributed by atoms with Crippen molar-refractivity contribution in [1.29, 1.82) is 0 Å². The molecule has 2 N–H and O–H groups in total. The SMILES string of the molecule is CC(ONO)C(C)(C)C. The van der Waals surface area contributed by atoms with E-state index < -0.39 is 0 Å². The fourth-order valence-electron chi connectivity index (χ4n) is 0.256. The van der Waals surface area contributed by atoms with Crippen molar-refractivity contribution in [2.75, 3.05) is 0 Å². The molecule has 0 fully saturated rings. The van der Waals surface area contributed by atoms with Gasteiger partial charge in [0, 0.05) is 0 Å². The summed E-state index contributed by atoms with van der Waals surface area (Å²) in [5.41, 5.74) is 1.74. The first-order valence-corrected chi connectivity index (χ1v) is 3.03.